The van der Waals surface area contributed by atoms with Crippen LogP contribution < -0.4 is 5.32 Å². The number of anilines is 1. The first-order valence-corrected chi connectivity index (χ1v) is 5.67. The van der Waals surface area contributed by atoms with Gasteiger partial charge in [0.15, 0.2) is 11.6 Å². The van der Waals surface area contributed by atoms with Gasteiger partial charge < -0.3 is 5.32 Å². The first kappa shape index (κ1) is 13.4. The second-order valence-corrected chi connectivity index (χ2v) is 4.39. The first-order chi connectivity index (χ1) is 8.04. The minimum Gasteiger partial charge on any atom is -0.380 e. The SMILES string of the molecule is CC(C)CCCNc1c(F)cc(C#N)cc1F. The maximum Gasteiger partial charge on any atom is 0.150 e. The van der Waals surface area contributed by atoms with Crippen LogP contribution in [0.15, 0.2) is 12.1 Å². The summed E-state index contributed by atoms with van der Waals surface area (Å²) < 4.78 is 26.9. The van der Waals surface area contributed by atoms with Gasteiger partial charge in [-0.05, 0) is 30.9 Å². The Hall–Kier alpha value is -1.63. The summed E-state index contributed by atoms with van der Waals surface area (Å²) >= 11 is 0. The van der Waals surface area contributed by atoms with Crippen LogP contribution in [0.5, 0.6) is 0 Å². The minimum atomic E-state index is -0.717. The zero-order valence-electron chi connectivity index (χ0n) is 10.1. The molecule has 1 aromatic rings. The molecule has 4 heteroatoms. The minimum absolute atomic E-state index is 0.00673. The molecule has 0 aromatic heterocycles. The maximum absolute atomic E-state index is 13.4. The van der Waals surface area contributed by atoms with Crippen molar-refractivity contribution in [3.63, 3.8) is 0 Å². The molecule has 0 heterocycles. The van der Waals surface area contributed by atoms with E-state index in [4.69, 9.17) is 5.26 Å². The molecule has 2 nitrogen and oxygen atoms in total. The van der Waals surface area contributed by atoms with Crippen molar-refractivity contribution >= 4 is 5.69 Å². The summed E-state index contributed by atoms with van der Waals surface area (Å²) in [6.45, 7) is 4.73. The first-order valence-electron chi connectivity index (χ1n) is 5.67. The summed E-state index contributed by atoms with van der Waals surface area (Å²) in [5.41, 5.74) is -0.152. The Bertz CT molecular complexity index is 399. The van der Waals surface area contributed by atoms with E-state index in [1.54, 1.807) is 6.07 Å². The Morgan fingerprint density at radius 1 is 1.29 bits per heavy atom. The Morgan fingerprint density at radius 2 is 1.88 bits per heavy atom. The molecule has 0 aliphatic carbocycles. The highest BCUT2D eigenvalue weighted by molar-refractivity contribution is 5.50. The van der Waals surface area contributed by atoms with E-state index in [1.807, 2.05) is 0 Å². The number of nitriles is 1. The smallest absolute Gasteiger partial charge is 0.150 e. The molecule has 0 bridgehead atoms. The highest BCUT2D eigenvalue weighted by Gasteiger charge is 2.10. The molecule has 0 atom stereocenters. The average molecular weight is 238 g/mol. The molecule has 92 valence electrons. The van der Waals surface area contributed by atoms with Crippen LogP contribution in [-0.4, -0.2) is 6.54 Å². The number of nitrogens with one attached hydrogen (secondary N) is 1. The van der Waals surface area contributed by atoms with Gasteiger partial charge in [0.25, 0.3) is 0 Å². The van der Waals surface area contributed by atoms with Gasteiger partial charge in [0.05, 0.1) is 11.6 Å². The van der Waals surface area contributed by atoms with Gasteiger partial charge in [0, 0.05) is 6.54 Å². The normalized spacial score (nSPS) is 10.4. The maximum atomic E-state index is 13.4. The summed E-state index contributed by atoms with van der Waals surface area (Å²) in [5.74, 6) is -0.857. The van der Waals surface area contributed by atoms with Gasteiger partial charge in [0.1, 0.15) is 5.69 Å². The molecule has 0 aliphatic heterocycles. The number of rotatable bonds is 5. The van der Waals surface area contributed by atoms with Gasteiger partial charge in [-0.15, -0.1) is 0 Å². The van der Waals surface area contributed by atoms with Crippen LogP contribution in [0.1, 0.15) is 32.3 Å². The van der Waals surface area contributed by atoms with Crippen molar-refractivity contribution < 1.29 is 8.78 Å². The summed E-state index contributed by atoms with van der Waals surface area (Å²) in [7, 11) is 0. The predicted molar refractivity (Wildman–Crippen MR) is 63.6 cm³/mol. The fourth-order valence-corrected chi connectivity index (χ4v) is 1.53. The fraction of sp³-hybridized carbons (Fsp3) is 0.462. The quantitative estimate of drug-likeness (QED) is 0.794. The highest BCUT2D eigenvalue weighted by atomic mass is 19.1. The lowest BCUT2D eigenvalue weighted by molar-refractivity contribution is 0.560. The van der Waals surface area contributed by atoms with Crippen LogP contribution in [0.3, 0.4) is 0 Å². The van der Waals surface area contributed by atoms with E-state index in [0.717, 1.165) is 25.0 Å². The number of hydrogen-bond donors (Lipinski definition) is 1. The van der Waals surface area contributed by atoms with E-state index < -0.39 is 11.6 Å². The Morgan fingerprint density at radius 3 is 2.35 bits per heavy atom. The van der Waals surface area contributed by atoms with Crippen LogP contribution in [0.25, 0.3) is 0 Å². The lowest BCUT2D eigenvalue weighted by Gasteiger charge is -2.10. The molecule has 0 radical (unpaired) electrons. The van der Waals surface area contributed by atoms with E-state index in [-0.39, 0.29) is 11.3 Å². The summed E-state index contributed by atoms with van der Waals surface area (Å²) in [6, 6.07) is 3.78. The second kappa shape index (κ2) is 6.19. The monoisotopic (exact) mass is 238 g/mol. The highest BCUT2D eigenvalue weighted by Crippen LogP contribution is 2.20. The second-order valence-electron chi connectivity index (χ2n) is 4.39. The van der Waals surface area contributed by atoms with Crippen molar-refractivity contribution in [1.29, 1.82) is 5.26 Å². The Balaban J connectivity index is 2.63. The average Bonchev–Trinajstić information content (AvgIpc) is 2.26. The van der Waals surface area contributed by atoms with Crippen molar-refractivity contribution in [1.82, 2.24) is 0 Å². The summed E-state index contributed by atoms with van der Waals surface area (Å²) in [4.78, 5) is 0. The fourth-order valence-electron chi connectivity index (χ4n) is 1.53. The third-order valence-corrected chi connectivity index (χ3v) is 2.43. The van der Waals surface area contributed by atoms with Crippen LogP contribution in [-0.2, 0) is 0 Å². The molecule has 0 spiro atoms. The molecule has 0 saturated carbocycles. The summed E-state index contributed by atoms with van der Waals surface area (Å²) in [5, 5.41) is 11.3. The standard InChI is InChI=1S/C13H16F2N2/c1-9(2)4-3-5-17-13-11(14)6-10(8-16)7-12(13)15/h6-7,9,17H,3-5H2,1-2H3. The van der Waals surface area contributed by atoms with Crippen molar-refractivity contribution in [3.8, 4) is 6.07 Å². The van der Waals surface area contributed by atoms with Crippen molar-refractivity contribution in [2.75, 3.05) is 11.9 Å². The van der Waals surface area contributed by atoms with Crippen LogP contribution in [0, 0.1) is 28.9 Å². The topological polar surface area (TPSA) is 35.8 Å². The molecule has 0 unspecified atom stereocenters. The van der Waals surface area contributed by atoms with Gasteiger partial charge in [-0.25, -0.2) is 8.78 Å². The summed E-state index contributed by atoms with van der Waals surface area (Å²) in [6.07, 6.45) is 1.86. The van der Waals surface area contributed by atoms with E-state index in [1.165, 1.54) is 0 Å². The van der Waals surface area contributed by atoms with Gasteiger partial charge in [0.2, 0.25) is 0 Å². The molecule has 1 aromatic carbocycles. The molecule has 0 amide bonds. The molecule has 1 N–H and O–H groups in total. The molecule has 17 heavy (non-hydrogen) atoms. The van der Waals surface area contributed by atoms with Crippen molar-refractivity contribution in [2.24, 2.45) is 5.92 Å². The van der Waals surface area contributed by atoms with Crippen molar-refractivity contribution in [3.05, 3.63) is 29.3 Å². The van der Waals surface area contributed by atoms with Crippen LogP contribution in [0.2, 0.25) is 0 Å². The number of halogens is 2. The predicted octanol–water partition coefficient (Wildman–Crippen LogP) is 3.68. The van der Waals surface area contributed by atoms with Gasteiger partial charge in [-0.3, -0.25) is 0 Å². The third kappa shape index (κ3) is 4.03. The lowest BCUT2D eigenvalue weighted by Crippen LogP contribution is -2.07. The van der Waals surface area contributed by atoms with E-state index >= 15 is 0 Å². The molecule has 0 aliphatic rings. The lowest BCUT2D eigenvalue weighted by atomic mass is 10.1. The van der Waals surface area contributed by atoms with Gasteiger partial charge in [-0.2, -0.15) is 5.26 Å². The molecule has 0 fully saturated rings. The van der Waals surface area contributed by atoms with E-state index in [0.29, 0.717) is 12.5 Å². The van der Waals surface area contributed by atoms with Crippen LogP contribution >= 0.6 is 0 Å². The van der Waals surface area contributed by atoms with Crippen molar-refractivity contribution in [2.45, 2.75) is 26.7 Å². The zero-order chi connectivity index (χ0) is 12.8. The van der Waals surface area contributed by atoms with Gasteiger partial charge >= 0.3 is 0 Å². The molecule has 1 rings (SSSR count). The molecular weight excluding hydrogens is 222 g/mol. The van der Waals surface area contributed by atoms with Gasteiger partial charge in [-0.1, -0.05) is 13.8 Å². The van der Waals surface area contributed by atoms with Crippen LogP contribution in [0.4, 0.5) is 14.5 Å². The largest absolute Gasteiger partial charge is 0.380 e. The Kier molecular flexibility index (Phi) is 4.89. The molecular formula is C13H16F2N2. The van der Waals surface area contributed by atoms with E-state index in [2.05, 4.69) is 19.2 Å². The number of nitrogens with zero attached hydrogens (tertiary/aromatic N) is 1. The Labute approximate surface area is 100 Å². The number of hydrogen-bond acceptors (Lipinski definition) is 2. The molecule has 0 saturated heterocycles. The number of benzene rings is 1. The van der Waals surface area contributed by atoms with E-state index in [9.17, 15) is 8.78 Å². The third-order valence-electron chi connectivity index (χ3n) is 2.43. The zero-order valence-corrected chi connectivity index (χ0v) is 10.1.